The fourth-order valence-corrected chi connectivity index (χ4v) is 2.77. The molecule has 0 saturated carbocycles. The van der Waals surface area contributed by atoms with E-state index in [1.165, 1.54) is 13.8 Å². The molecule has 1 unspecified atom stereocenters. The Balaban J connectivity index is 1.88. The summed E-state index contributed by atoms with van der Waals surface area (Å²) >= 11 is 0.871. The van der Waals surface area contributed by atoms with Gasteiger partial charge in [0.15, 0.2) is 5.60 Å². The van der Waals surface area contributed by atoms with E-state index in [1.54, 1.807) is 36.4 Å². The summed E-state index contributed by atoms with van der Waals surface area (Å²) in [6.07, 6.45) is 0.0736. The van der Waals surface area contributed by atoms with E-state index in [9.17, 15) is 19.5 Å². The Morgan fingerprint density at radius 1 is 1.00 bits per heavy atom. The fourth-order valence-electron chi connectivity index (χ4n) is 2.44. The normalized spacial score (nSPS) is 11.9. The minimum atomic E-state index is -1.37. The highest BCUT2D eigenvalue weighted by molar-refractivity contribution is 6.32. The molecule has 0 aliphatic heterocycles. The predicted molar refractivity (Wildman–Crippen MR) is 112 cm³/mol. The van der Waals surface area contributed by atoms with Crippen molar-refractivity contribution in [3.8, 4) is 11.5 Å². The number of nitrogens with one attached hydrogen (secondary N) is 1. The number of carbonyl (C=O) groups excluding carboxylic acids is 1. The van der Waals surface area contributed by atoms with Crippen LogP contribution in [0.2, 0.25) is 0 Å². The van der Waals surface area contributed by atoms with Crippen molar-refractivity contribution < 1.29 is 34.1 Å². The molecule has 8 nitrogen and oxygen atoms in total. The third-order valence-corrected chi connectivity index (χ3v) is 4.97. The van der Waals surface area contributed by atoms with Crippen molar-refractivity contribution in [2.24, 2.45) is 0 Å². The van der Waals surface area contributed by atoms with Crippen molar-refractivity contribution >= 4 is 38.6 Å². The molecule has 2 aromatic carbocycles. The average molecular weight is 429 g/mol. The first kappa shape index (κ1) is 23.3. The van der Waals surface area contributed by atoms with Crippen LogP contribution in [0.15, 0.2) is 48.5 Å². The number of carboxylic acids is 2. The summed E-state index contributed by atoms with van der Waals surface area (Å²) in [4.78, 5) is 34.8. The molecule has 0 spiro atoms. The summed E-state index contributed by atoms with van der Waals surface area (Å²) < 4.78 is 12.1. The molecule has 2 aromatic rings. The van der Waals surface area contributed by atoms with E-state index in [2.05, 4.69) is 5.32 Å². The molecule has 1 atom stereocenters. The maximum atomic E-state index is 12.2. The smallest absolute Gasteiger partial charge is 0.347 e. The molecule has 9 heteroatoms. The average Bonchev–Trinajstić information content (AvgIpc) is 2.68. The predicted octanol–water partition coefficient (Wildman–Crippen LogP) is 0.839. The number of hydrogen-bond acceptors (Lipinski definition) is 5. The van der Waals surface area contributed by atoms with Gasteiger partial charge in [-0.1, -0.05) is 24.3 Å². The van der Waals surface area contributed by atoms with Crippen LogP contribution in [-0.2, 0) is 9.59 Å². The molecule has 0 bridgehead atoms. The van der Waals surface area contributed by atoms with Gasteiger partial charge in [-0.05, 0) is 38.1 Å². The lowest BCUT2D eigenvalue weighted by atomic mass is 10.1. The molecule has 0 aromatic heterocycles. The van der Waals surface area contributed by atoms with Crippen molar-refractivity contribution in [1.29, 1.82) is 0 Å². The number of ether oxygens (including phenoxy) is 2. The van der Waals surface area contributed by atoms with Gasteiger partial charge >= 0.3 is 11.9 Å². The van der Waals surface area contributed by atoms with E-state index < -0.39 is 29.5 Å². The lowest BCUT2D eigenvalue weighted by Gasteiger charge is -2.21. The fraction of sp³-hybridized carbons (Fsp3) is 0.286. The van der Waals surface area contributed by atoms with Gasteiger partial charge in [0.05, 0.1) is 6.61 Å². The number of rotatable bonds is 10. The van der Waals surface area contributed by atoms with Gasteiger partial charge in [0.1, 0.15) is 17.5 Å². The molecule has 0 aliphatic rings. The summed E-state index contributed by atoms with van der Waals surface area (Å²) in [6, 6.07) is 12.2. The number of amides is 1. The zero-order valence-corrected chi connectivity index (χ0v) is 19.0. The molecule has 158 valence electrons. The Hall–Kier alpha value is -3.02. The van der Waals surface area contributed by atoms with Gasteiger partial charge in [0.2, 0.25) is 0 Å². The SMILES string of the molecule is CC(C)(Oc1ccc(OCCC(NC(=O)c2cc[c]([AlH2])cc2)C(=O)O)cc1)C(=O)O. The van der Waals surface area contributed by atoms with Crippen molar-refractivity contribution in [3.63, 3.8) is 0 Å². The van der Waals surface area contributed by atoms with Gasteiger partial charge in [0, 0.05) is 12.0 Å². The zero-order chi connectivity index (χ0) is 22.3. The topological polar surface area (TPSA) is 122 Å². The molecule has 0 radical (unpaired) electrons. The monoisotopic (exact) mass is 429 g/mol. The van der Waals surface area contributed by atoms with Crippen LogP contribution >= 0.6 is 0 Å². The third-order valence-electron chi connectivity index (χ3n) is 4.30. The van der Waals surface area contributed by atoms with E-state index in [0.29, 0.717) is 17.1 Å². The third kappa shape index (κ3) is 6.80. The van der Waals surface area contributed by atoms with Crippen LogP contribution in [0.1, 0.15) is 30.6 Å². The molecular weight excluding hydrogens is 405 g/mol. The first-order valence-electron chi connectivity index (χ1n) is 9.34. The molecule has 0 aliphatic carbocycles. The Morgan fingerprint density at radius 2 is 1.57 bits per heavy atom. The standard InChI is InChI=1S/C21H22NO7.Al.2H/c1-21(2,20(26)27)29-16-10-8-15(9-11-16)28-13-12-17(19(24)25)22-18(23)14-6-4-3-5-7-14;;;/h4-11,17H,12-13H2,1-2H3,(H,22,23)(H,24,25)(H,26,27);;;. The highest BCUT2D eigenvalue weighted by Crippen LogP contribution is 2.22. The second-order valence-corrected chi connectivity index (χ2v) is 8.41. The van der Waals surface area contributed by atoms with Crippen LogP contribution < -0.4 is 19.2 Å². The first-order chi connectivity index (χ1) is 14.1. The summed E-state index contributed by atoms with van der Waals surface area (Å²) in [6.45, 7) is 2.95. The molecular formula is C21H24AlNO7. The van der Waals surface area contributed by atoms with Gasteiger partial charge in [-0.25, -0.2) is 9.59 Å². The van der Waals surface area contributed by atoms with E-state index in [0.717, 1.165) is 20.7 Å². The molecule has 2 rings (SSSR count). The number of aliphatic carboxylic acids is 2. The van der Waals surface area contributed by atoms with Crippen LogP contribution in [0.5, 0.6) is 11.5 Å². The Kier molecular flexibility index (Phi) is 7.87. The molecule has 3 N–H and O–H groups in total. The second-order valence-electron chi connectivity index (χ2n) is 7.26. The Labute approximate surface area is 182 Å². The van der Waals surface area contributed by atoms with E-state index in [-0.39, 0.29) is 13.0 Å². The maximum absolute atomic E-state index is 12.2. The van der Waals surface area contributed by atoms with E-state index in [1.807, 2.05) is 12.1 Å². The van der Waals surface area contributed by atoms with Crippen LogP contribution in [0.4, 0.5) is 0 Å². The molecule has 0 heterocycles. The highest BCUT2D eigenvalue weighted by atomic mass is 27.0. The Bertz CT molecular complexity index is 895. The Morgan fingerprint density at radius 3 is 2.10 bits per heavy atom. The lowest BCUT2D eigenvalue weighted by molar-refractivity contribution is -0.152. The highest BCUT2D eigenvalue weighted by Gasteiger charge is 2.29. The van der Waals surface area contributed by atoms with Gasteiger partial charge < -0.3 is 25.0 Å². The number of benzene rings is 2. The minimum absolute atomic E-state index is 0.0670. The van der Waals surface area contributed by atoms with Gasteiger partial charge in [-0.15, -0.1) is 4.43 Å². The van der Waals surface area contributed by atoms with Gasteiger partial charge in [-0.2, -0.15) is 0 Å². The number of hydrogen-bond donors (Lipinski definition) is 3. The summed E-state index contributed by atoms with van der Waals surface area (Å²) in [5.74, 6) is -1.85. The minimum Gasteiger partial charge on any atom is -0.493 e. The van der Waals surface area contributed by atoms with E-state index in [4.69, 9.17) is 14.6 Å². The van der Waals surface area contributed by atoms with Crippen molar-refractivity contribution in [1.82, 2.24) is 5.32 Å². The molecule has 30 heavy (non-hydrogen) atoms. The molecule has 0 fully saturated rings. The second kappa shape index (κ2) is 10.1. The van der Waals surface area contributed by atoms with Gasteiger partial charge in [-0.3, -0.25) is 4.79 Å². The summed E-state index contributed by atoms with van der Waals surface area (Å²) in [5.41, 5.74) is -0.962. The summed E-state index contributed by atoms with van der Waals surface area (Å²) in [5, 5.41) is 21.0. The van der Waals surface area contributed by atoms with Crippen LogP contribution in [0, 0.1) is 0 Å². The first-order valence-corrected chi connectivity index (χ1v) is 10.3. The van der Waals surface area contributed by atoms with Crippen LogP contribution in [0.3, 0.4) is 0 Å². The number of carboxylic acid groups (broad SMARTS) is 2. The van der Waals surface area contributed by atoms with Crippen molar-refractivity contribution in [3.05, 3.63) is 54.1 Å². The van der Waals surface area contributed by atoms with Crippen LogP contribution in [0.25, 0.3) is 0 Å². The van der Waals surface area contributed by atoms with Crippen molar-refractivity contribution in [2.45, 2.75) is 31.9 Å². The number of carbonyl (C=O) groups is 3. The lowest BCUT2D eigenvalue weighted by Crippen LogP contribution is -2.41. The van der Waals surface area contributed by atoms with Crippen LogP contribution in [-0.4, -0.2) is 62.6 Å². The zero-order valence-electron chi connectivity index (χ0n) is 17.0. The quantitative estimate of drug-likeness (QED) is 0.479. The maximum Gasteiger partial charge on any atom is 0.347 e. The van der Waals surface area contributed by atoms with Crippen molar-refractivity contribution in [2.75, 3.05) is 6.61 Å². The van der Waals surface area contributed by atoms with Gasteiger partial charge in [0.25, 0.3) is 22.2 Å². The molecule has 1 amide bonds. The summed E-state index contributed by atoms with van der Waals surface area (Å²) in [7, 11) is 0. The van der Waals surface area contributed by atoms with E-state index >= 15 is 0 Å². The molecule has 0 saturated heterocycles. The largest absolute Gasteiger partial charge is 0.493 e.